The number of hydrogen-bond donors (Lipinski definition) is 1. The molecule has 1 aliphatic rings. The van der Waals surface area contributed by atoms with Gasteiger partial charge in [0.15, 0.2) is 9.84 Å². The van der Waals surface area contributed by atoms with Gasteiger partial charge in [-0.3, -0.25) is 4.79 Å². The quantitative estimate of drug-likeness (QED) is 0.632. The number of nitrogens with zero attached hydrogens (tertiary/aromatic N) is 1. The van der Waals surface area contributed by atoms with E-state index in [4.69, 9.17) is 9.47 Å². The van der Waals surface area contributed by atoms with Crippen LogP contribution in [0.4, 0.5) is 9.80 Å². The number of rotatable bonds is 6. The van der Waals surface area contributed by atoms with Crippen LogP contribution in [0, 0.1) is 6.92 Å². The van der Waals surface area contributed by atoms with Gasteiger partial charge in [0.1, 0.15) is 10.8 Å². The number of carbonyl (C=O) groups is 3. The van der Waals surface area contributed by atoms with E-state index in [1.54, 1.807) is 19.1 Å². The number of methoxy groups -OCH3 is 1. The lowest BCUT2D eigenvalue weighted by Gasteiger charge is -2.25. The van der Waals surface area contributed by atoms with Gasteiger partial charge in [-0.2, -0.15) is 0 Å². The summed E-state index contributed by atoms with van der Waals surface area (Å²) in [5.41, 5.74) is 1.79. The van der Waals surface area contributed by atoms with E-state index in [-0.39, 0.29) is 28.6 Å². The summed E-state index contributed by atoms with van der Waals surface area (Å²) < 4.78 is 35.1. The minimum Gasteiger partial charge on any atom is -0.462 e. The van der Waals surface area contributed by atoms with Crippen molar-refractivity contribution in [1.29, 1.82) is 0 Å². The molecule has 2 aromatic rings. The molecule has 0 saturated carbocycles. The second kappa shape index (κ2) is 9.70. The summed E-state index contributed by atoms with van der Waals surface area (Å²) >= 11 is 1.12. The van der Waals surface area contributed by atoms with Gasteiger partial charge < -0.3 is 19.7 Å². The van der Waals surface area contributed by atoms with Crippen molar-refractivity contribution < 1.29 is 32.3 Å². The number of fused-ring (bicyclic) bond motifs is 1. The van der Waals surface area contributed by atoms with Crippen LogP contribution < -0.4 is 5.32 Å². The predicted octanol–water partition coefficient (Wildman–Crippen LogP) is 2.77. The molecule has 172 valence electrons. The van der Waals surface area contributed by atoms with E-state index < -0.39 is 33.6 Å². The molecule has 0 saturated heterocycles. The number of amides is 2. The molecule has 2 amide bonds. The van der Waals surface area contributed by atoms with Crippen LogP contribution in [-0.4, -0.2) is 57.3 Å². The van der Waals surface area contributed by atoms with Crippen LogP contribution in [-0.2, 0) is 37.1 Å². The Hall–Kier alpha value is -2.92. The highest BCUT2D eigenvalue weighted by Gasteiger charge is 2.32. The van der Waals surface area contributed by atoms with Gasteiger partial charge >= 0.3 is 12.1 Å². The van der Waals surface area contributed by atoms with E-state index >= 15 is 0 Å². The molecular weight excluding hydrogens is 456 g/mol. The summed E-state index contributed by atoms with van der Waals surface area (Å²) in [6.07, 6.45) is -0.108. The molecule has 1 aromatic carbocycles. The topological polar surface area (TPSA) is 119 Å². The highest BCUT2D eigenvalue weighted by molar-refractivity contribution is 7.92. The van der Waals surface area contributed by atoms with Crippen LogP contribution in [0.25, 0.3) is 0 Å². The summed E-state index contributed by atoms with van der Waals surface area (Å²) in [6.45, 7) is 4.21. The fourth-order valence-corrected chi connectivity index (χ4v) is 5.76. The lowest BCUT2D eigenvalue weighted by Crippen LogP contribution is -2.35. The smallest absolute Gasteiger partial charge is 0.409 e. The number of hydrogen-bond acceptors (Lipinski definition) is 8. The summed E-state index contributed by atoms with van der Waals surface area (Å²) in [6, 6.07) is 6.22. The first-order valence-electron chi connectivity index (χ1n) is 9.90. The van der Waals surface area contributed by atoms with E-state index in [0.29, 0.717) is 23.4 Å². The van der Waals surface area contributed by atoms with Crippen molar-refractivity contribution >= 4 is 44.1 Å². The zero-order chi connectivity index (χ0) is 23.5. The van der Waals surface area contributed by atoms with Crippen LogP contribution in [0.1, 0.15) is 33.3 Å². The van der Waals surface area contributed by atoms with Crippen LogP contribution in [0.2, 0.25) is 0 Å². The lowest BCUT2D eigenvalue weighted by atomic mass is 10.0. The fourth-order valence-electron chi connectivity index (χ4n) is 3.36. The number of ether oxygens (including phenoxy) is 2. The molecule has 0 unspecified atom stereocenters. The maximum absolute atomic E-state index is 12.6. The number of sulfone groups is 1. The van der Waals surface area contributed by atoms with Gasteiger partial charge in [-0.25, -0.2) is 18.0 Å². The average molecular weight is 481 g/mol. The maximum Gasteiger partial charge on any atom is 0.409 e. The molecule has 11 heteroatoms. The van der Waals surface area contributed by atoms with Crippen molar-refractivity contribution in [2.75, 3.05) is 31.3 Å². The standard InChI is InChI=1S/C21H24N2O7S2/c1-4-30-20(25)18-15-9-10-23(21(26)29-3)11-16(15)31-19(18)22-17(24)12-32(27,28)14-7-5-13(2)6-8-14/h5-8H,4,9-12H2,1-3H3,(H,22,24). The van der Waals surface area contributed by atoms with E-state index in [1.165, 1.54) is 24.1 Å². The predicted molar refractivity (Wildman–Crippen MR) is 119 cm³/mol. The van der Waals surface area contributed by atoms with E-state index in [0.717, 1.165) is 16.9 Å². The molecule has 0 fully saturated rings. The number of carbonyl (C=O) groups excluding carboxylic acids is 3. The highest BCUT2D eigenvalue weighted by Crippen LogP contribution is 2.38. The van der Waals surface area contributed by atoms with Crippen LogP contribution in [0.5, 0.6) is 0 Å². The van der Waals surface area contributed by atoms with Crippen molar-refractivity contribution in [1.82, 2.24) is 4.90 Å². The Morgan fingerprint density at radius 3 is 2.50 bits per heavy atom. The number of aryl methyl sites for hydroxylation is 1. The first-order chi connectivity index (χ1) is 15.2. The molecule has 0 aliphatic carbocycles. The summed E-state index contributed by atoms with van der Waals surface area (Å²) in [7, 11) is -2.57. The second-order valence-corrected chi connectivity index (χ2v) is 10.3. The Morgan fingerprint density at radius 1 is 1.19 bits per heavy atom. The number of esters is 1. The van der Waals surface area contributed by atoms with E-state index in [2.05, 4.69) is 5.32 Å². The monoisotopic (exact) mass is 480 g/mol. The number of nitrogens with one attached hydrogen (secondary N) is 1. The molecule has 1 aromatic heterocycles. The van der Waals surface area contributed by atoms with Crippen molar-refractivity contribution in [2.24, 2.45) is 0 Å². The molecule has 0 bridgehead atoms. The van der Waals surface area contributed by atoms with Crippen molar-refractivity contribution in [3.63, 3.8) is 0 Å². The third kappa shape index (κ3) is 5.10. The Labute approximate surface area is 190 Å². The van der Waals surface area contributed by atoms with Gasteiger partial charge in [-0.1, -0.05) is 17.7 Å². The Bertz CT molecular complexity index is 1140. The minimum atomic E-state index is -3.86. The second-order valence-electron chi connectivity index (χ2n) is 7.19. The SMILES string of the molecule is CCOC(=O)c1c(NC(=O)CS(=O)(=O)c2ccc(C)cc2)sc2c1CCN(C(=O)OC)C2. The molecular formula is C21H24N2O7S2. The molecule has 0 radical (unpaired) electrons. The molecule has 2 heterocycles. The first kappa shape index (κ1) is 23.7. The largest absolute Gasteiger partial charge is 0.462 e. The molecule has 0 spiro atoms. The molecule has 9 nitrogen and oxygen atoms in total. The Balaban J connectivity index is 1.86. The fraction of sp³-hybridized carbons (Fsp3) is 0.381. The van der Waals surface area contributed by atoms with Gasteiger partial charge in [0.05, 0.1) is 30.7 Å². The number of benzene rings is 1. The first-order valence-corrected chi connectivity index (χ1v) is 12.4. The minimum absolute atomic E-state index is 0.0445. The third-order valence-electron chi connectivity index (χ3n) is 4.92. The number of thiophene rings is 1. The maximum atomic E-state index is 12.6. The van der Waals surface area contributed by atoms with E-state index in [9.17, 15) is 22.8 Å². The molecule has 1 aliphatic heterocycles. The number of anilines is 1. The third-order valence-corrected chi connectivity index (χ3v) is 7.69. The van der Waals surface area contributed by atoms with Crippen LogP contribution in [0.15, 0.2) is 29.2 Å². The molecule has 1 N–H and O–H groups in total. The normalized spacial score (nSPS) is 13.3. The average Bonchev–Trinajstić information content (AvgIpc) is 3.09. The van der Waals surface area contributed by atoms with Gasteiger partial charge in [0.25, 0.3) is 0 Å². The van der Waals surface area contributed by atoms with Gasteiger partial charge in [0, 0.05) is 11.4 Å². The molecule has 0 atom stereocenters. The molecule has 3 rings (SSSR count). The lowest BCUT2D eigenvalue weighted by molar-refractivity contribution is -0.113. The highest BCUT2D eigenvalue weighted by atomic mass is 32.2. The summed E-state index contributed by atoms with van der Waals surface area (Å²) in [5.74, 6) is -2.14. The van der Waals surface area contributed by atoms with E-state index in [1.807, 2.05) is 6.92 Å². The van der Waals surface area contributed by atoms with Crippen molar-refractivity contribution in [3.8, 4) is 0 Å². The Kier molecular flexibility index (Phi) is 7.19. The van der Waals surface area contributed by atoms with Crippen molar-refractivity contribution in [3.05, 3.63) is 45.8 Å². The zero-order valence-corrected chi connectivity index (χ0v) is 19.6. The Morgan fingerprint density at radius 2 is 1.88 bits per heavy atom. The molecule has 32 heavy (non-hydrogen) atoms. The van der Waals surface area contributed by atoms with Crippen molar-refractivity contribution in [2.45, 2.75) is 31.7 Å². The zero-order valence-electron chi connectivity index (χ0n) is 18.0. The summed E-state index contributed by atoms with van der Waals surface area (Å²) in [4.78, 5) is 39.3. The summed E-state index contributed by atoms with van der Waals surface area (Å²) in [5, 5.41) is 2.78. The van der Waals surface area contributed by atoms with Gasteiger partial charge in [-0.15, -0.1) is 11.3 Å². The van der Waals surface area contributed by atoms with Crippen LogP contribution >= 0.6 is 11.3 Å². The van der Waals surface area contributed by atoms with Gasteiger partial charge in [-0.05, 0) is 38.0 Å². The van der Waals surface area contributed by atoms with Gasteiger partial charge in [0.2, 0.25) is 5.91 Å². The van der Waals surface area contributed by atoms with Crippen LogP contribution in [0.3, 0.4) is 0 Å².